The molecular formula is C12H8ClN3O2. The van der Waals surface area contributed by atoms with Gasteiger partial charge in [0.15, 0.2) is 17.1 Å². The molecule has 0 saturated heterocycles. The van der Waals surface area contributed by atoms with Crippen molar-refractivity contribution in [3.63, 3.8) is 0 Å². The molecule has 5 nitrogen and oxygen atoms in total. The number of aromatic nitrogens is 3. The molecule has 6 heteroatoms. The molecule has 1 aromatic carbocycles. The maximum Gasteiger partial charge on any atom is 0.158 e. The summed E-state index contributed by atoms with van der Waals surface area (Å²) in [5.74, 6) is -0.367. The van der Waals surface area contributed by atoms with Crippen molar-refractivity contribution >= 4 is 17.2 Å². The molecule has 3 rings (SSSR count). The van der Waals surface area contributed by atoms with Crippen LogP contribution in [0.2, 0.25) is 5.15 Å². The quantitative estimate of drug-likeness (QED) is 0.521. The summed E-state index contributed by atoms with van der Waals surface area (Å²) in [7, 11) is 0. The summed E-state index contributed by atoms with van der Waals surface area (Å²) in [4.78, 5) is 4.36. The van der Waals surface area contributed by atoms with Gasteiger partial charge in [-0.25, -0.2) is 9.50 Å². The van der Waals surface area contributed by atoms with Crippen LogP contribution in [0.25, 0.3) is 16.9 Å². The molecule has 3 aromatic rings. The van der Waals surface area contributed by atoms with Crippen LogP contribution in [0.1, 0.15) is 0 Å². The molecule has 0 spiro atoms. The molecule has 0 fully saturated rings. The number of hydrogen-bond acceptors (Lipinski definition) is 4. The zero-order valence-electron chi connectivity index (χ0n) is 9.08. The largest absolute Gasteiger partial charge is 0.504 e. The van der Waals surface area contributed by atoms with Gasteiger partial charge in [0.1, 0.15) is 5.15 Å². The first-order chi connectivity index (χ1) is 8.65. The maximum atomic E-state index is 9.48. The van der Waals surface area contributed by atoms with Gasteiger partial charge in [0, 0.05) is 17.7 Å². The number of rotatable bonds is 1. The first kappa shape index (κ1) is 10.9. The van der Waals surface area contributed by atoms with Gasteiger partial charge in [0.25, 0.3) is 0 Å². The first-order valence-electron chi connectivity index (χ1n) is 5.18. The summed E-state index contributed by atoms with van der Waals surface area (Å²) in [5, 5.41) is 23.2. The molecule has 2 heterocycles. The van der Waals surface area contributed by atoms with Gasteiger partial charge < -0.3 is 10.2 Å². The average molecular weight is 262 g/mol. The number of benzene rings is 1. The number of halogens is 1. The molecule has 0 aliphatic carbocycles. The van der Waals surface area contributed by atoms with E-state index in [1.165, 1.54) is 16.6 Å². The van der Waals surface area contributed by atoms with Gasteiger partial charge >= 0.3 is 0 Å². The molecule has 0 radical (unpaired) electrons. The zero-order valence-corrected chi connectivity index (χ0v) is 9.83. The van der Waals surface area contributed by atoms with Crippen molar-refractivity contribution in [2.75, 3.05) is 0 Å². The highest BCUT2D eigenvalue weighted by Gasteiger charge is 2.08. The second-order valence-corrected chi connectivity index (χ2v) is 4.16. The number of hydrogen-bond donors (Lipinski definition) is 2. The smallest absolute Gasteiger partial charge is 0.158 e. The van der Waals surface area contributed by atoms with Crippen molar-refractivity contribution in [2.24, 2.45) is 0 Å². The molecule has 18 heavy (non-hydrogen) atoms. The molecule has 0 amide bonds. The minimum atomic E-state index is -0.196. The molecule has 2 aromatic heterocycles. The molecule has 90 valence electrons. The number of aromatic hydroxyl groups is 2. The standard InChI is InChI=1S/C12H8ClN3O2/c13-11-6-8(15-12-3-4-14-16(11)12)7-1-2-9(17)10(18)5-7/h1-6,17-18H. The van der Waals surface area contributed by atoms with Gasteiger partial charge in [-0.2, -0.15) is 5.10 Å². The Morgan fingerprint density at radius 1 is 1.06 bits per heavy atom. The monoisotopic (exact) mass is 261 g/mol. The lowest BCUT2D eigenvalue weighted by Crippen LogP contribution is -1.94. The highest BCUT2D eigenvalue weighted by Crippen LogP contribution is 2.30. The van der Waals surface area contributed by atoms with E-state index in [-0.39, 0.29) is 11.5 Å². The van der Waals surface area contributed by atoms with Crippen molar-refractivity contribution in [3.8, 4) is 22.8 Å². The third-order valence-corrected chi connectivity index (χ3v) is 2.86. The highest BCUT2D eigenvalue weighted by atomic mass is 35.5. The number of phenols is 2. The summed E-state index contributed by atoms with van der Waals surface area (Å²) in [6.07, 6.45) is 1.60. The summed E-state index contributed by atoms with van der Waals surface area (Å²) < 4.78 is 1.51. The van der Waals surface area contributed by atoms with Crippen LogP contribution in [-0.2, 0) is 0 Å². The SMILES string of the molecule is Oc1ccc(-c2cc(Cl)n3nccc3n2)cc1O. The zero-order chi connectivity index (χ0) is 12.7. The van der Waals surface area contributed by atoms with Gasteiger partial charge in [-0.05, 0) is 18.2 Å². The van der Waals surface area contributed by atoms with Crippen molar-refractivity contribution in [1.82, 2.24) is 14.6 Å². The lowest BCUT2D eigenvalue weighted by Gasteiger charge is -2.05. The fourth-order valence-corrected chi connectivity index (χ4v) is 1.94. The minimum absolute atomic E-state index is 0.171. The number of fused-ring (bicyclic) bond motifs is 1. The van der Waals surface area contributed by atoms with Gasteiger partial charge in [-0.1, -0.05) is 11.6 Å². The number of phenolic OH excluding ortho intramolecular Hbond substituents is 2. The van der Waals surface area contributed by atoms with Crippen LogP contribution in [0.4, 0.5) is 0 Å². The van der Waals surface area contributed by atoms with Crippen molar-refractivity contribution in [1.29, 1.82) is 0 Å². The molecule has 0 unspecified atom stereocenters. The fraction of sp³-hybridized carbons (Fsp3) is 0. The molecule has 0 atom stereocenters. The van der Waals surface area contributed by atoms with Crippen LogP contribution >= 0.6 is 11.6 Å². The Morgan fingerprint density at radius 2 is 1.89 bits per heavy atom. The van der Waals surface area contributed by atoms with E-state index in [2.05, 4.69) is 10.1 Å². The highest BCUT2D eigenvalue weighted by molar-refractivity contribution is 6.30. The Bertz CT molecular complexity index is 739. The lowest BCUT2D eigenvalue weighted by molar-refractivity contribution is 0.404. The lowest BCUT2D eigenvalue weighted by atomic mass is 10.1. The van der Waals surface area contributed by atoms with Crippen molar-refractivity contribution in [2.45, 2.75) is 0 Å². The van der Waals surface area contributed by atoms with Crippen LogP contribution in [0.15, 0.2) is 36.5 Å². The van der Waals surface area contributed by atoms with Crippen LogP contribution in [0.5, 0.6) is 11.5 Å². The van der Waals surface area contributed by atoms with E-state index >= 15 is 0 Å². The molecule has 0 aliphatic heterocycles. The molecular weight excluding hydrogens is 254 g/mol. The van der Waals surface area contributed by atoms with Crippen molar-refractivity contribution < 1.29 is 10.2 Å². The Morgan fingerprint density at radius 3 is 2.67 bits per heavy atom. The van der Waals surface area contributed by atoms with E-state index in [9.17, 15) is 10.2 Å². The topological polar surface area (TPSA) is 70.7 Å². The minimum Gasteiger partial charge on any atom is -0.504 e. The Labute approximate surface area is 107 Å². The van der Waals surface area contributed by atoms with E-state index < -0.39 is 0 Å². The number of nitrogens with zero attached hydrogens (tertiary/aromatic N) is 3. The Kier molecular flexibility index (Phi) is 2.34. The van der Waals surface area contributed by atoms with Gasteiger partial charge in [0.2, 0.25) is 0 Å². The van der Waals surface area contributed by atoms with Crippen LogP contribution in [-0.4, -0.2) is 24.8 Å². The predicted molar refractivity (Wildman–Crippen MR) is 66.8 cm³/mol. The molecule has 0 aliphatic rings. The van der Waals surface area contributed by atoms with Crippen molar-refractivity contribution in [3.05, 3.63) is 41.7 Å². The normalized spacial score (nSPS) is 10.9. The van der Waals surface area contributed by atoms with E-state index in [0.29, 0.717) is 22.1 Å². The summed E-state index contributed by atoms with van der Waals surface area (Å²) >= 11 is 6.07. The van der Waals surface area contributed by atoms with E-state index in [1.54, 1.807) is 24.4 Å². The summed E-state index contributed by atoms with van der Waals surface area (Å²) in [6, 6.07) is 7.87. The van der Waals surface area contributed by atoms with Gasteiger partial charge in [-0.3, -0.25) is 0 Å². The summed E-state index contributed by atoms with van der Waals surface area (Å²) in [5.41, 5.74) is 1.88. The second-order valence-electron chi connectivity index (χ2n) is 3.77. The Hall–Kier alpha value is -2.27. The predicted octanol–water partition coefficient (Wildman–Crippen LogP) is 2.46. The van der Waals surface area contributed by atoms with E-state index in [0.717, 1.165) is 0 Å². The van der Waals surface area contributed by atoms with Crippen LogP contribution < -0.4 is 0 Å². The third kappa shape index (κ3) is 1.65. The molecule has 2 N–H and O–H groups in total. The van der Waals surface area contributed by atoms with Gasteiger partial charge in [0.05, 0.1) is 11.9 Å². The Balaban J connectivity index is 2.21. The average Bonchev–Trinajstić information content (AvgIpc) is 2.81. The van der Waals surface area contributed by atoms with Crippen LogP contribution in [0.3, 0.4) is 0 Å². The van der Waals surface area contributed by atoms with Gasteiger partial charge in [-0.15, -0.1) is 0 Å². The first-order valence-corrected chi connectivity index (χ1v) is 5.55. The summed E-state index contributed by atoms with van der Waals surface area (Å²) in [6.45, 7) is 0. The second kappa shape index (κ2) is 3.89. The van der Waals surface area contributed by atoms with Crippen LogP contribution in [0, 0.1) is 0 Å². The molecule has 0 bridgehead atoms. The van der Waals surface area contributed by atoms with E-state index in [4.69, 9.17) is 11.6 Å². The fourth-order valence-electron chi connectivity index (χ4n) is 1.71. The third-order valence-electron chi connectivity index (χ3n) is 2.59. The molecule has 0 saturated carbocycles. The maximum absolute atomic E-state index is 9.48. The van der Waals surface area contributed by atoms with E-state index in [1.807, 2.05) is 0 Å².